The summed E-state index contributed by atoms with van der Waals surface area (Å²) in [5.74, 6) is 2.68. The van der Waals surface area contributed by atoms with Crippen molar-refractivity contribution >= 4 is 0 Å². The van der Waals surface area contributed by atoms with Crippen LogP contribution in [0.1, 0.15) is 55.7 Å². The quantitative estimate of drug-likeness (QED) is 0.835. The van der Waals surface area contributed by atoms with Gasteiger partial charge in [0.1, 0.15) is 11.5 Å². The predicted molar refractivity (Wildman–Crippen MR) is 91.7 cm³/mol. The first kappa shape index (κ1) is 15.1. The molecule has 2 heteroatoms. The summed E-state index contributed by atoms with van der Waals surface area (Å²) in [6.45, 7) is 8.63. The third-order valence-electron chi connectivity index (χ3n) is 4.54. The molecule has 2 aromatic carbocycles. The van der Waals surface area contributed by atoms with Crippen molar-refractivity contribution in [2.24, 2.45) is 5.73 Å². The van der Waals surface area contributed by atoms with Crippen molar-refractivity contribution in [3.63, 3.8) is 0 Å². The molecular formula is C20H25NO. The van der Waals surface area contributed by atoms with Gasteiger partial charge in [0.15, 0.2) is 0 Å². The highest BCUT2D eigenvalue weighted by Crippen LogP contribution is 2.48. The molecule has 1 aliphatic heterocycles. The Bertz CT molecular complexity index is 684. The van der Waals surface area contributed by atoms with Gasteiger partial charge < -0.3 is 10.5 Å². The maximum absolute atomic E-state index is 6.35. The molecule has 2 N–H and O–H groups in total. The number of benzene rings is 2. The van der Waals surface area contributed by atoms with Gasteiger partial charge in [-0.05, 0) is 62.3 Å². The molecule has 0 spiro atoms. The number of fused-ring (bicyclic) bond motifs is 2. The van der Waals surface area contributed by atoms with E-state index < -0.39 is 0 Å². The second-order valence-electron chi connectivity index (χ2n) is 7.27. The van der Waals surface area contributed by atoms with Gasteiger partial charge >= 0.3 is 0 Å². The number of ether oxygens (including phenoxy) is 1. The second-order valence-corrected chi connectivity index (χ2v) is 7.27. The Labute approximate surface area is 133 Å². The molecule has 0 aliphatic carbocycles. The highest BCUT2D eigenvalue weighted by Gasteiger charge is 2.32. The number of rotatable bonds is 2. The smallest absolute Gasteiger partial charge is 0.130 e. The summed E-state index contributed by atoms with van der Waals surface area (Å²) in [7, 11) is 0. The summed E-state index contributed by atoms with van der Waals surface area (Å²) in [6.07, 6.45) is 0.933. The summed E-state index contributed by atoms with van der Waals surface area (Å²) in [5, 5.41) is 0. The Kier molecular flexibility index (Phi) is 3.73. The lowest BCUT2D eigenvalue weighted by atomic mass is 9.76. The zero-order chi connectivity index (χ0) is 15.9. The van der Waals surface area contributed by atoms with Crippen LogP contribution in [0.3, 0.4) is 0 Å². The van der Waals surface area contributed by atoms with Gasteiger partial charge in [-0.2, -0.15) is 0 Å². The summed E-state index contributed by atoms with van der Waals surface area (Å²) >= 11 is 0. The van der Waals surface area contributed by atoms with Crippen molar-refractivity contribution in [3.8, 4) is 11.5 Å². The van der Waals surface area contributed by atoms with Crippen LogP contribution in [0, 0.1) is 6.92 Å². The first-order valence-electron chi connectivity index (χ1n) is 8.01. The molecule has 116 valence electrons. The third-order valence-corrected chi connectivity index (χ3v) is 4.54. The van der Waals surface area contributed by atoms with E-state index in [9.17, 15) is 0 Å². The molecule has 3 rings (SSSR count). The summed E-state index contributed by atoms with van der Waals surface area (Å²) in [4.78, 5) is 0. The van der Waals surface area contributed by atoms with Crippen LogP contribution in [0.4, 0.5) is 0 Å². The maximum Gasteiger partial charge on any atom is 0.130 e. The molecule has 0 saturated heterocycles. The Balaban J connectivity index is 2.16. The minimum atomic E-state index is -0.209. The lowest BCUT2D eigenvalue weighted by Gasteiger charge is -2.30. The van der Waals surface area contributed by atoms with E-state index >= 15 is 0 Å². The first-order valence-corrected chi connectivity index (χ1v) is 8.01. The molecule has 0 saturated carbocycles. The molecule has 1 aliphatic rings. The molecule has 0 amide bonds. The number of nitrogens with two attached hydrogens (primary N) is 1. The van der Waals surface area contributed by atoms with Gasteiger partial charge in [-0.1, -0.05) is 42.8 Å². The van der Waals surface area contributed by atoms with Gasteiger partial charge in [0, 0.05) is 5.54 Å². The minimum absolute atomic E-state index is 0.209. The van der Waals surface area contributed by atoms with E-state index in [2.05, 4.69) is 64.1 Å². The summed E-state index contributed by atoms with van der Waals surface area (Å²) < 4.78 is 6.23. The molecule has 2 nitrogen and oxygen atoms in total. The van der Waals surface area contributed by atoms with E-state index in [1.165, 1.54) is 16.7 Å². The van der Waals surface area contributed by atoms with E-state index in [4.69, 9.17) is 10.5 Å². The largest absolute Gasteiger partial charge is 0.457 e. The topological polar surface area (TPSA) is 35.2 Å². The molecule has 22 heavy (non-hydrogen) atoms. The van der Waals surface area contributed by atoms with Crippen molar-refractivity contribution in [3.05, 3.63) is 59.2 Å². The van der Waals surface area contributed by atoms with Crippen LogP contribution in [0.5, 0.6) is 11.5 Å². The van der Waals surface area contributed by atoms with Crippen LogP contribution < -0.4 is 10.5 Å². The fraction of sp³-hybridized carbons (Fsp3) is 0.400. The maximum atomic E-state index is 6.35. The van der Waals surface area contributed by atoms with Gasteiger partial charge in [0.25, 0.3) is 0 Å². The van der Waals surface area contributed by atoms with Crippen LogP contribution in [0.25, 0.3) is 0 Å². The molecule has 2 aromatic rings. The van der Waals surface area contributed by atoms with Crippen molar-refractivity contribution in [2.45, 2.75) is 51.5 Å². The van der Waals surface area contributed by atoms with Crippen LogP contribution in [-0.2, 0) is 0 Å². The Hall–Kier alpha value is -1.80. The van der Waals surface area contributed by atoms with Gasteiger partial charge in [-0.3, -0.25) is 0 Å². The van der Waals surface area contributed by atoms with Crippen LogP contribution >= 0.6 is 0 Å². The fourth-order valence-corrected chi connectivity index (χ4v) is 3.46. The van der Waals surface area contributed by atoms with E-state index in [0.717, 1.165) is 17.9 Å². The molecule has 0 fully saturated rings. The highest BCUT2D eigenvalue weighted by atomic mass is 16.5. The predicted octanol–water partition coefficient (Wildman–Crippen LogP) is 5.12. The highest BCUT2D eigenvalue weighted by molar-refractivity contribution is 5.50. The second kappa shape index (κ2) is 5.44. The minimum Gasteiger partial charge on any atom is -0.457 e. The van der Waals surface area contributed by atoms with Crippen molar-refractivity contribution in [1.29, 1.82) is 0 Å². The van der Waals surface area contributed by atoms with Crippen LogP contribution in [0.15, 0.2) is 42.5 Å². The van der Waals surface area contributed by atoms with Gasteiger partial charge in [-0.15, -0.1) is 0 Å². The molecule has 0 bridgehead atoms. The van der Waals surface area contributed by atoms with Gasteiger partial charge in [0.05, 0.1) is 0 Å². The molecule has 2 atom stereocenters. The van der Waals surface area contributed by atoms with Gasteiger partial charge in [0.2, 0.25) is 0 Å². The average molecular weight is 295 g/mol. The van der Waals surface area contributed by atoms with E-state index in [-0.39, 0.29) is 5.54 Å². The molecule has 0 unspecified atom stereocenters. The monoisotopic (exact) mass is 295 g/mol. The number of hydrogen-bond donors (Lipinski definition) is 1. The SMILES string of the molecule is Cc1ccc2c(c1)[C@@H](CC(C)(C)N)[C@H](C)c1ccccc1O2. The van der Waals surface area contributed by atoms with E-state index in [1.54, 1.807) is 0 Å². The van der Waals surface area contributed by atoms with Crippen molar-refractivity contribution < 1.29 is 4.74 Å². The standard InChI is InChI=1S/C20H25NO/c1-13-9-10-19-16(11-13)17(12-20(3,4)21)14(2)15-7-5-6-8-18(15)22-19/h5-11,14,17H,12,21H2,1-4H3/t14-,17+/m1/s1. The first-order chi connectivity index (χ1) is 10.3. The molecule has 0 aromatic heterocycles. The summed E-state index contributed by atoms with van der Waals surface area (Å²) in [6, 6.07) is 14.8. The lowest BCUT2D eigenvalue weighted by Crippen LogP contribution is -2.34. The van der Waals surface area contributed by atoms with Gasteiger partial charge in [-0.25, -0.2) is 0 Å². The normalized spacial score (nSPS) is 20.6. The van der Waals surface area contributed by atoms with Crippen LogP contribution in [-0.4, -0.2) is 5.54 Å². The number of hydrogen-bond acceptors (Lipinski definition) is 2. The molecule has 1 heterocycles. The molecule has 0 radical (unpaired) electrons. The fourth-order valence-electron chi connectivity index (χ4n) is 3.46. The Morgan fingerprint density at radius 3 is 2.45 bits per heavy atom. The Morgan fingerprint density at radius 2 is 1.73 bits per heavy atom. The van der Waals surface area contributed by atoms with E-state index in [0.29, 0.717) is 11.8 Å². The number of para-hydroxylation sites is 1. The number of aryl methyl sites for hydroxylation is 1. The zero-order valence-electron chi connectivity index (χ0n) is 13.9. The lowest BCUT2D eigenvalue weighted by molar-refractivity contribution is 0.394. The van der Waals surface area contributed by atoms with Crippen LogP contribution in [0.2, 0.25) is 0 Å². The third kappa shape index (κ3) is 2.89. The van der Waals surface area contributed by atoms with Crippen molar-refractivity contribution in [2.75, 3.05) is 0 Å². The molecular weight excluding hydrogens is 270 g/mol. The average Bonchev–Trinajstić information content (AvgIpc) is 2.55. The van der Waals surface area contributed by atoms with E-state index in [1.807, 2.05) is 6.07 Å². The van der Waals surface area contributed by atoms with Crippen molar-refractivity contribution in [1.82, 2.24) is 0 Å². The summed E-state index contributed by atoms with van der Waals surface area (Å²) in [5.41, 5.74) is 9.96. The zero-order valence-corrected chi connectivity index (χ0v) is 13.9. The Morgan fingerprint density at radius 1 is 1.05 bits per heavy atom.